The zero-order chi connectivity index (χ0) is 91.1. The van der Waals surface area contributed by atoms with Crippen molar-refractivity contribution in [3.8, 4) is 22.6 Å². The van der Waals surface area contributed by atoms with Crippen LogP contribution in [0.3, 0.4) is 0 Å². The van der Waals surface area contributed by atoms with Gasteiger partial charge in [0.05, 0.1) is 11.0 Å². The second kappa shape index (κ2) is 39.8. The first-order valence-electron chi connectivity index (χ1n) is 44.4. The molecule has 0 bridgehead atoms. The Kier molecular flexibility index (Phi) is 25.8. The first kappa shape index (κ1) is 86.2. The number of aromatic nitrogens is 1. The minimum Gasteiger partial charge on any atom is -0.423 e. The Morgan fingerprint density at radius 2 is 0.459 bits per heavy atom. The molecule has 133 heavy (non-hydrogen) atoms. The number of benzene rings is 19. The quantitative estimate of drug-likeness (QED) is 0.0332. The van der Waals surface area contributed by atoms with Gasteiger partial charge in [0.15, 0.2) is 0 Å². The van der Waals surface area contributed by atoms with Crippen LogP contribution in [-0.4, -0.2) is 16.5 Å². The van der Waals surface area contributed by atoms with E-state index in [1.807, 2.05) is 85.1 Å². The molecule has 0 aliphatic heterocycles. The number of ether oxygens (including phenoxy) is 2. The minimum absolute atomic E-state index is 0.337. The van der Waals surface area contributed by atoms with E-state index in [0.717, 1.165) is 119 Å². The predicted octanol–water partition coefficient (Wildman–Crippen LogP) is 33.6. The van der Waals surface area contributed by atoms with E-state index in [0.29, 0.717) is 22.6 Å². The highest BCUT2D eigenvalue weighted by molar-refractivity contribution is 6.09. The second-order valence-corrected chi connectivity index (χ2v) is 32.7. The molecule has 644 valence electrons. The lowest BCUT2D eigenvalue weighted by atomic mass is 10.0. The van der Waals surface area contributed by atoms with Crippen LogP contribution in [-0.2, 0) is 9.59 Å². The first-order valence-corrected chi connectivity index (χ1v) is 44.4. The summed E-state index contributed by atoms with van der Waals surface area (Å²) in [7, 11) is 0. The van der Waals surface area contributed by atoms with Crippen molar-refractivity contribution in [3.63, 3.8) is 0 Å². The Morgan fingerprint density at radius 1 is 0.233 bits per heavy atom. The van der Waals surface area contributed by atoms with E-state index in [9.17, 15) is 9.59 Å². The van der Waals surface area contributed by atoms with Gasteiger partial charge in [-0.25, -0.2) is 9.59 Å². The van der Waals surface area contributed by atoms with E-state index >= 15 is 0 Å². The third-order valence-corrected chi connectivity index (χ3v) is 23.3. The van der Waals surface area contributed by atoms with Crippen molar-refractivity contribution in [1.29, 1.82) is 0 Å². The van der Waals surface area contributed by atoms with Crippen molar-refractivity contribution >= 4 is 164 Å². The number of hydrogen-bond acceptors (Lipinski definition) is 10. The van der Waals surface area contributed by atoms with Crippen molar-refractivity contribution in [1.82, 2.24) is 4.57 Å². The van der Waals surface area contributed by atoms with Crippen molar-refractivity contribution in [3.05, 3.63) is 515 Å². The summed E-state index contributed by atoms with van der Waals surface area (Å²) >= 11 is 0. The number of nitrogens with zero attached hydrogens (tertiary/aromatic N) is 7. The van der Waals surface area contributed by atoms with Crippen molar-refractivity contribution in [2.45, 2.75) is 27.7 Å². The lowest BCUT2D eigenvalue weighted by molar-refractivity contribution is -0.130. The average molecular weight is 1730 g/mol. The third-order valence-electron chi connectivity index (χ3n) is 23.3. The molecule has 20 rings (SSSR count). The van der Waals surface area contributed by atoms with Gasteiger partial charge in [-0.1, -0.05) is 250 Å². The standard InChI is InChI=1S/C60H50N4O2.C48H36N2O2.C14H11N/c1-44(2)60(65)66-59-28-16-27-58(43-59)64(49-23-12-7-13-24-49)55-39-33-52(34-40-55)61(50-29-35-53(36-30-50)62(47-19-8-5-9-20-47)56-25-14-17-45(3)41-56)51-31-37-54(38-32-51)63(48-21-10-6-11-22-48)57-26-15-18-46(4)42-57;1-34(2)48(51)52-47-18-10-17-44(33-47)50(46-30-24-36-12-7-9-14-40(36)32-46)43-27-21-38(22-28-43)37-19-25-42(26-20-37)49(41-15-4-3-5-16-41)45-29-23-35-11-6-8-13-39(35)31-45;1-2-15-13-9-5-3-7-11(13)12-8-4-6-10-14(12)15/h5-43H,1H2,2-4H3;3-33H,1H2,2H3;2-10H,1H2. The van der Waals surface area contributed by atoms with Crippen LogP contribution in [0.1, 0.15) is 25.0 Å². The fraction of sp³-hybridized carbons (Fsp3) is 0.0328. The minimum atomic E-state index is -0.463. The van der Waals surface area contributed by atoms with Crippen LogP contribution < -0.4 is 38.9 Å². The molecule has 0 amide bonds. The predicted molar refractivity (Wildman–Crippen MR) is 558 cm³/mol. The summed E-state index contributed by atoms with van der Waals surface area (Å²) in [6.07, 6.45) is 1.87. The number of carbonyl (C=O) groups is 2. The Morgan fingerprint density at radius 3 is 0.759 bits per heavy atom. The lowest BCUT2D eigenvalue weighted by Gasteiger charge is -2.30. The van der Waals surface area contributed by atoms with E-state index in [2.05, 4.69) is 450 Å². The van der Waals surface area contributed by atoms with Gasteiger partial charge in [-0.15, -0.1) is 0 Å². The summed E-state index contributed by atoms with van der Waals surface area (Å²) in [5.74, 6) is -0.0115. The maximum absolute atomic E-state index is 12.5. The Bertz CT molecular complexity index is 7350. The van der Waals surface area contributed by atoms with Gasteiger partial charge in [-0.3, -0.25) is 0 Å². The molecule has 0 atom stereocenters. The normalized spacial score (nSPS) is 10.9. The number of carbonyl (C=O) groups excluding carboxylic acids is 2. The second-order valence-electron chi connectivity index (χ2n) is 32.7. The fourth-order valence-corrected chi connectivity index (χ4v) is 16.9. The molecule has 0 fully saturated rings. The van der Waals surface area contributed by atoms with E-state index in [1.54, 1.807) is 26.0 Å². The third kappa shape index (κ3) is 19.5. The zero-order valence-corrected chi connectivity index (χ0v) is 74.5. The van der Waals surface area contributed by atoms with Crippen LogP contribution in [0.15, 0.2) is 504 Å². The van der Waals surface area contributed by atoms with Crippen LogP contribution >= 0.6 is 0 Å². The van der Waals surface area contributed by atoms with Crippen molar-refractivity contribution in [2.24, 2.45) is 0 Å². The summed E-state index contributed by atoms with van der Waals surface area (Å²) in [5.41, 5.74) is 26.0. The summed E-state index contributed by atoms with van der Waals surface area (Å²) in [6.45, 7) is 18.9. The number of rotatable bonds is 24. The summed E-state index contributed by atoms with van der Waals surface area (Å²) < 4.78 is 13.4. The molecule has 0 aliphatic carbocycles. The van der Waals surface area contributed by atoms with Crippen molar-refractivity contribution in [2.75, 3.05) is 29.4 Å². The molecule has 0 aliphatic rings. The molecule has 1 heterocycles. The van der Waals surface area contributed by atoms with E-state index in [-0.39, 0.29) is 0 Å². The fourth-order valence-electron chi connectivity index (χ4n) is 16.9. The SMILES string of the molecule is C=C(C)C(=O)Oc1cccc(N(c2ccc(-c3ccc(N(c4ccccc4)c4ccc5ccccc5c4)cc3)cc2)c2ccc3ccccc3c2)c1.C=C(C)C(=O)Oc1cccc(N(c2ccccc2)c2ccc(N(c3ccc(N(c4ccccc4)c4cccc(C)c4)cc3)c3ccc(N(c4ccccc4)c4cccc(C)c4)cc3)cc2)c1.C=Cn1c2ccccc2c2ccccc21. The smallest absolute Gasteiger partial charge is 0.338 e. The Balaban J connectivity index is 0.000000156. The molecule has 0 saturated heterocycles. The molecule has 0 radical (unpaired) electrons. The molecular formula is C122H97N7O4. The summed E-state index contributed by atoms with van der Waals surface area (Å²) in [5, 5.41) is 7.30. The van der Waals surface area contributed by atoms with Crippen LogP contribution in [0.5, 0.6) is 11.5 Å². The molecule has 0 saturated carbocycles. The average Bonchev–Trinajstić information content (AvgIpc) is 1.62. The molecular weight excluding hydrogens is 1630 g/mol. The largest absolute Gasteiger partial charge is 0.423 e. The Labute approximate surface area is 777 Å². The van der Waals surface area contributed by atoms with Gasteiger partial charge in [0.2, 0.25) is 0 Å². The molecule has 19 aromatic carbocycles. The van der Waals surface area contributed by atoms with Gasteiger partial charge in [0.1, 0.15) is 11.5 Å². The highest BCUT2D eigenvalue weighted by atomic mass is 16.5. The first-order chi connectivity index (χ1) is 65.2. The topological polar surface area (TPSA) is 77.0 Å². The number of fused-ring (bicyclic) bond motifs is 5. The maximum Gasteiger partial charge on any atom is 0.338 e. The van der Waals surface area contributed by atoms with Gasteiger partial charge in [0, 0.05) is 143 Å². The molecule has 0 N–H and O–H groups in total. The molecule has 20 aromatic rings. The number of anilines is 18. The van der Waals surface area contributed by atoms with Crippen LogP contribution in [0, 0.1) is 13.8 Å². The van der Waals surface area contributed by atoms with Gasteiger partial charge in [-0.05, 0) is 302 Å². The highest BCUT2D eigenvalue weighted by Crippen LogP contribution is 2.47. The number of esters is 2. The van der Waals surface area contributed by atoms with Gasteiger partial charge < -0.3 is 43.4 Å². The monoisotopic (exact) mass is 1720 g/mol. The van der Waals surface area contributed by atoms with E-state index in [4.69, 9.17) is 9.47 Å². The number of hydrogen-bond donors (Lipinski definition) is 0. The van der Waals surface area contributed by atoms with Crippen LogP contribution in [0.25, 0.3) is 60.7 Å². The highest BCUT2D eigenvalue weighted by Gasteiger charge is 2.24. The lowest BCUT2D eigenvalue weighted by Crippen LogP contribution is -2.14. The molecule has 1 aromatic heterocycles. The molecule has 11 nitrogen and oxygen atoms in total. The Hall–Kier alpha value is -17.5. The molecule has 11 heteroatoms. The van der Waals surface area contributed by atoms with Crippen LogP contribution in [0.2, 0.25) is 0 Å². The maximum atomic E-state index is 12.5. The molecule has 0 spiro atoms. The summed E-state index contributed by atoms with van der Waals surface area (Å²) in [6, 6.07) is 164. The zero-order valence-electron chi connectivity index (χ0n) is 74.5. The number of para-hydroxylation sites is 6. The summed E-state index contributed by atoms with van der Waals surface area (Å²) in [4.78, 5) is 38.4. The molecule has 0 unspecified atom stereocenters. The number of aryl methyl sites for hydroxylation is 2. The van der Waals surface area contributed by atoms with Gasteiger partial charge in [-0.2, -0.15) is 0 Å². The van der Waals surface area contributed by atoms with E-state index < -0.39 is 11.9 Å². The van der Waals surface area contributed by atoms with E-state index in [1.165, 1.54) is 49.1 Å². The van der Waals surface area contributed by atoms with Gasteiger partial charge >= 0.3 is 11.9 Å². The van der Waals surface area contributed by atoms with Crippen LogP contribution in [0.4, 0.5) is 102 Å². The van der Waals surface area contributed by atoms with Crippen molar-refractivity contribution < 1.29 is 19.1 Å². The van der Waals surface area contributed by atoms with Gasteiger partial charge in [0.25, 0.3) is 0 Å².